The van der Waals surface area contributed by atoms with E-state index in [0.717, 1.165) is 0 Å². The summed E-state index contributed by atoms with van der Waals surface area (Å²) in [5, 5.41) is 0. The summed E-state index contributed by atoms with van der Waals surface area (Å²) in [5.41, 5.74) is -2.41. The third-order valence-corrected chi connectivity index (χ3v) is 5.98. The molecule has 3 radical (unpaired) electrons. The Morgan fingerprint density at radius 2 is 0.350 bits per heavy atom. The monoisotopic (exact) mass is 673 g/mol. The van der Waals surface area contributed by atoms with E-state index in [4.69, 9.17) is 0 Å². The molecule has 0 heterocycles. The molecule has 233 valence electrons. The molecule has 0 amide bonds. The van der Waals surface area contributed by atoms with Crippen LogP contribution in [0.1, 0.15) is 144 Å². The summed E-state index contributed by atoms with van der Waals surface area (Å²) >= 11 is 0. The van der Waals surface area contributed by atoms with Crippen LogP contribution in [0.3, 0.4) is 0 Å². The smallest absolute Gasteiger partial charge is 0.145 e. The molecule has 0 saturated carbocycles. The average molecular weight is 675 g/mol. The minimum atomic E-state index is -0.402. The van der Waals surface area contributed by atoms with Crippen molar-refractivity contribution in [2.45, 2.75) is 144 Å². The fourth-order valence-electron chi connectivity index (χ4n) is 2.03. The van der Waals surface area contributed by atoms with Gasteiger partial charge in [-0.1, -0.05) is 125 Å². The molecule has 0 aliphatic carbocycles. The van der Waals surface area contributed by atoms with Gasteiger partial charge in [-0.2, -0.15) is 0 Å². The second-order valence-electron chi connectivity index (χ2n) is 16.6. The number of ketones is 6. The SMILES string of the molecule is CC(C)(C)C(=O)CC(=O)C(C)(C)C.CC(C)(C)C(=O)CC(=O)C(C)(C)C.CC(C)(C)C(=O)CC(=O)C(C)(C)C.[Sb]. The number of Topliss-reactive ketones (excluding diaryl/α,β-unsaturated/α-hetero) is 6. The van der Waals surface area contributed by atoms with E-state index in [0.29, 0.717) is 0 Å². The van der Waals surface area contributed by atoms with Crippen LogP contribution in [0.25, 0.3) is 0 Å². The molecule has 0 fully saturated rings. The van der Waals surface area contributed by atoms with Gasteiger partial charge in [0.05, 0.1) is 19.3 Å². The molecule has 0 bridgehead atoms. The molecule has 7 heteroatoms. The van der Waals surface area contributed by atoms with E-state index >= 15 is 0 Å². The van der Waals surface area contributed by atoms with Crippen LogP contribution in [-0.4, -0.2) is 59.1 Å². The molecule has 0 unspecified atom stereocenters. The minimum Gasteiger partial charge on any atom is -0.299 e. The molecule has 0 spiro atoms. The zero-order valence-electron chi connectivity index (χ0n) is 29.0. The summed E-state index contributed by atoms with van der Waals surface area (Å²) in [4.78, 5) is 69.0. The maximum Gasteiger partial charge on any atom is 0.145 e. The van der Waals surface area contributed by atoms with Gasteiger partial charge in [0.15, 0.2) is 0 Å². The van der Waals surface area contributed by atoms with Crippen LogP contribution in [0, 0.1) is 32.5 Å². The van der Waals surface area contributed by atoms with Crippen LogP contribution in [0.15, 0.2) is 0 Å². The second kappa shape index (κ2) is 16.5. The van der Waals surface area contributed by atoms with Crippen LogP contribution in [-0.2, 0) is 28.8 Å². The molecule has 0 saturated heterocycles. The van der Waals surface area contributed by atoms with E-state index in [2.05, 4.69) is 0 Å². The molecule has 0 aromatic rings. The Bertz CT molecular complexity index is 693. The van der Waals surface area contributed by atoms with Gasteiger partial charge < -0.3 is 0 Å². The van der Waals surface area contributed by atoms with E-state index in [1.165, 1.54) is 0 Å². The first-order valence-corrected chi connectivity index (χ1v) is 13.8. The van der Waals surface area contributed by atoms with Crippen molar-refractivity contribution in [2.24, 2.45) is 32.5 Å². The molecule has 0 rings (SSSR count). The maximum absolute atomic E-state index is 11.5. The van der Waals surface area contributed by atoms with Crippen LogP contribution in [0.5, 0.6) is 0 Å². The Morgan fingerprint density at radius 3 is 0.400 bits per heavy atom. The van der Waals surface area contributed by atoms with Gasteiger partial charge in [-0.25, -0.2) is 0 Å². The summed E-state index contributed by atoms with van der Waals surface area (Å²) in [7, 11) is 0. The molecule has 6 nitrogen and oxygen atoms in total. The third kappa shape index (κ3) is 21.6. The van der Waals surface area contributed by atoms with E-state index in [1.807, 2.05) is 125 Å². The minimum absolute atomic E-state index is 0. The largest absolute Gasteiger partial charge is 0.299 e. The Morgan fingerprint density at radius 1 is 0.275 bits per heavy atom. The first-order valence-electron chi connectivity index (χ1n) is 13.8. The molecular weight excluding hydrogens is 614 g/mol. The van der Waals surface area contributed by atoms with Crippen LogP contribution in [0.2, 0.25) is 0 Å². The number of hydrogen-bond acceptors (Lipinski definition) is 6. The molecule has 40 heavy (non-hydrogen) atoms. The van der Waals surface area contributed by atoms with Crippen molar-refractivity contribution in [2.75, 3.05) is 0 Å². The molecule has 0 aliphatic rings. The van der Waals surface area contributed by atoms with Gasteiger partial charge in [-0.05, 0) is 0 Å². The molecule has 0 atom stereocenters. The maximum atomic E-state index is 11.5. The van der Waals surface area contributed by atoms with Crippen molar-refractivity contribution in [1.29, 1.82) is 0 Å². The number of rotatable bonds is 6. The first-order chi connectivity index (χ1) is 16.6. The molecular formula is C33H60O6Sb. The zero-order valence-corrected chi connectivity index (χ0v) is 31.6. The third-order valence-electron chi connectivity index (χ3n) is 5.98. The summed E-state index contributed by atoms with van der Waals surface area (Å²) in [6, 6.07) is 0. The van der Waals surface area contributed by atoms with Gasteiger partial charge in [0.2, 0.25) is 0 Å². The average Bonchev–Trinajstić information content (AvgIpc) is 2.64. The predicted molar refractivity (Wildman–Crippen MR) is 166 cm³/mol. The van der Waals surface area contributed by atoms with Crippen molar-refractivity contribution >= 4 is 59.1 Å². The second-order valence-corrected chi connectivity index (χ2v) is 16.6. The fourth-order valence-corrected chi connectivity index (χ4v) is 2.03. The summed E-state index contributed by atoms with van der Waals surface area (Å²) in [6.45, 7) is 33.1. The van der Waals surface area contributed by atoms with E-state index in [-0.39, 0.29) is 78.4 Å². The van der Waals surface area contributed by atoms with Gasteiger partial charge in [0, 0.05) is 56.9 Å². The van der Waals surface area contributed by atoms with Crippen LogP contribution in [0.4, 0.5) is 0 Å². The Kier molecular flexibility index (Phi) is 18.9. The molecule has 0 aromatic carbocycles. The van der Waals surface area contributed by atoms with Crippen molar-refractivity contribution in [3.05, 3.63) is 0 Å². The van der Waals surface area contributed by atoms with Gasteiger partial charge >= 0.3 is 0 Å². The van der Waals surface area contributed by atoms with Crippen molar-refractivity contribution in [3.8, 4) is 0 Å². The fraction of sp³-hybridized carbons (Fsp3) is 0.818. The Labute approximate surface area is 263 Å². The van der Waals surface area contributed by atoms with E-state index in [9.17, 15) is 28.8 Å². The first kappa shape index (κ1) is 45.8. The normalized spacial score (nSPS) is 12.4. The quantitative estimate of drug-likeness (QED) is 0.215. The summed E-state index contributed by atoms with van der Waals surface area (Å²) in [5.74, 6) is 0.125. The standard InChI is InChI=1S/3C11H20O2.Sb/c3*1-10(2,3)8(12)7-9(13)11(4,5)6;/h3*7H2,1-6H3;. The molecule has 0 N–H and O–H groups in total. The van der Waals surface area contributed by atoms with Crippen LogP contribution < -0.4 is 0 Å². The predicted octanol–water partition coefficient (Wildman–Crippen LogP) is 7.44. The van der Waals surface area contributed by atoms with Gasteiger partial charge in [0.1, 0.15) is 34.7 Å². The molecule has 0 aliphatic heterocycles. The van der Waals surface area contributed by atoms with Crippen molar-refractivity contribution in [1.82, 2.24) is 0 Å². The summed E-state index contributed by atoms with van der Waals surface area (Å²) in [6.07, 6.45) is 0.187. The van der Waals surface area contributed by atoms with Crippen molar-refractivity contribution < 1.29 is 28.8 Å². The number of hydrogen-bond donors (Lipinski definition) is 0. The number of carbonyl (C=O) groups is 6. The van der Waals surface area contributed by atoms with Gasteiger partial charge in [-0.15, -0.1) is 0 Å². The summed E-state index contributed by atoms with van der Waals surface area (Å²) < 4.78 is 0. The van der Waals surface area contributed by atoms with Gasteiger partial charge in [-0.3, -0.25) is 28.8 Å². The Balaban J connectivity index is -0.000000240. The molecule has 0 aromatic heterocycles. The topological polar surface area (TPSA) is 102 Å². The van der Waals surface area contributed by atoms with Crippen molar-refractivity contribution in [3.63, 3.8) is 0 Å². The van der Waals surface area contributed by atoms with Crippen LogP contribution >= 0.6 is 0 Å². The zero-order chi connectivity index (χ0) is 32.6. The Hall–Kier alpha value is -1.16. The van der Waals surface area contributed by atoms with Gasteiger partial charge in [0.25, 0.3) is 0 Å². The van der Waals surface area contributed by atoms with E-state index in [1.54, 1.807) is 0 Å². The van der Waals surface area contributed by atoms with E-state index < -0.39 is 32.5 Å². The number of carbonyl (C=O) groups excluding carboxylic acids is 6.